The maximum Gasteiger partial charge on any atom is 0.234 e. The number of aryl methyl sites for hydroxylation is 1. The van der Waals surface area contributed by atoms with E-state index in [1.165, 1.54) is 11.3 Å². The molecule has 0 unspecified atom stereocenters. The highest BCUT2D eigenvalue weighted by Crippen LogP contribution is 2.25. The molecule has 1 aromatic rings. The molecule has 1 aliphatic heterocycles. The second-order valence-corrected chi connectivity index (χ2v) is 5.58. The van der Waals surface area contributed by atoms with Crippen molar-refractivity contribution >= 4 is 23.2 Å². The largest absolute Gasteiger partial charge is 0.369 e. The maximum atomic E-state index is 11.6. The Balaban J connectivity index is 1.91. The molecule has 0 saturated carbocycles. The summed E-state index contributed by atoms with van der Waals surface area (Å²) in [6.45, 7) is 8.91. The normalized spacial score (nSPS) is 16.2. The highest BCUT2D eigenvalue weighted by molar-refractivity contribution is 6.30. The molecule has 5 heteroatoms. The summed E-state index contributed by atoms with van der Waals surface area (Å²) in [5, 5.41) is 3.61. The van der Waals surface area contributed by atoms with Gasteiger partial charge in [-0.25, -0.2) is 0 Å². The molecule has 1 fully saturated rings. The number of piperazine rings is 1. The van der Waals surface area contributed by atoms with Crippen molar-refractivity contribution in [3.05, 3.63) is 28.8 Å². The molecule has 1 aliphatic rings. The van der Waals surface area contributed by atoms with Gasteiger partial charge in [0.1, 0.15) is 0 Å². The molecule has 0 aromatic heterocycles. The van der Waals surface area contributed by atoms with Crippen molar-refractivity contribution in [3.63, 3.8) is 0 Å². The number of likely N-dealkylation sites (N-methyl/N-ethyl adjacent to an activating group) is 1. The molecule has 1 saturated heterocycles. The van der Waals surface area contributed by atoms with Gasteiger partial charge in [0.2, 0.25) is 5.91 Å². The Bertz CT molecular complexity index is 470. The zero-order valence-electron chi connectivity index (χ0n) is 12.2. The summed E-state index contributed by atoms with van der Waals surface area (Å²) in [7, 11) is 0. The van der Waals surface area contributed by atoms with Crippen LogP contribution < -0.4 is 10.2 Å². The monoisotopic (exact) mass is 295 g/mol. The first-order valence-corrected chi connectivity index (χ1v) is 7.48. The average Bonchev–Trinajstić information content (AvgIpc) is 2.43. The van der Waals surface area contributed by atoms with E-state index in [-0.39, 0.29) is 5.91 Å². The number of rotatable bonds is 4. The van der Waals surface area contributed by atoms with E-state index in [0.29, 0.717) is 13.1 Å². The van der Waals surface area contributed by atoms with E-state index in [1.54, 1.807) is 0 Å². The number of amides is 1. The number of benzene rings is 1. The van der Waals surface area contributed by atoms with Crippen molar-refractivity contribution in [2.24, 2.45) is 0 Å². The van der Waals surface area contributed by atoms with Crippen molar-refractivity contribution < 1.29 is 4.79 Å². The van der Waals surface area contributed by atoms with Crippen molar-refractivity contribution in [2.45, 2.75) is 13.8 Å². The summed E-state index contributed by atoms with van der Waals surface area (Å²) >= 11 is 6.08. The molecule has 1 heterocycles. The van der Waals surface area contributed by atoms with Gasteiger partial charge in [-0.1, -0.05) is 17.7 Å². The van der Waals surface area contributed by atoms with Crippen molar-refractivity contribution in [1.29, 1.82) is 0 Å². The third-order valence-corrected chi connectivity index (χ3v) is 3.86. The molecule has 1 amide bonds. The highest BCUT2D eigenvalue weighted by Gasteiger charge is 2.20. The fourth-order valence-electron chi connectivity index (χ4n) is 2.53. The molecule has 0 bridgehead atoms. The summed E-state index contributed by atoms with van der Waals surface area (Å²) in [6, 6.07) is 6.00. The van der Waals surface area contributed by atoms with Crippen LogP contribution in [0.5, 0.6) is 0 Å². The number of nitrogens with one attached hydrogen (secondary N) is 1. The molecule has 4 nitrogen and oxygen atoms in total. The van der Waals surface area contributed by atoms with Gasteiger partial charge in [0.15, 0.2) is 0 Å². The molecule has 0 radical (unpaired) electrons. The molecule has 1 N–H and O–H groups in total. The van der Waals surface area contributed by atoms with Crippen molar-refractivity contribution in [3.8, 4) is 0 Å². The lowest BCUT2D eigenvalue weighted by Crippen LogP contribution is -2.49. The Morgan fingerprint density at radius 3 is 2.65 bits per heavy atom. The van der Waals surface area contributed by atoms with E-state index in [0.717, 1.165) is 31.2 Å². The summed E-state index contributed by atoms with van der Waals surface area (Å²) in [4.78, 5) is 16.1. The number of halogens is 1. The van der Waals surface area contributed by atoms with E-state index in [1.807, 2.05) is 19.1 Å². The van der Waals surface area contributed by atoms with Crippen LogP contribution in [-0.2, 0) is 4.79 Å². The van der Waals surface area contributed by atoms with E-state index in [9.17, 15) is 4.79 Å². The van der Waals surface area contributed by atoms with Crippen LogP contribution >= 0.6 is 11.6 Å². The molecule has 20 heavy (non-hydrogen) atoms. The maximum absolute atomic E-state index is 11.6. The minimum atomic E-state index is 0.111. The lowest BCUT2D eigenvalue weighted by molar-refractivity contribution is -0.122. The molecule has 0 atom stereocenters. The van der Waals surface area contributed by atoms with Gasteiger partial charge in [0.25, 0.3) is 0 Å². The zero-order chi connectivity index (χ0) is 14.5. The summed E-state index contributed by atoms with van der Waals surface area (Å²) in [5.41, 5.74) is 2.45. The van der Waals surface area contributed by atoms with E-state index < -0.39 is 0 Å². The third-order valence-electron chi connectivity index (χ3n) is 3.63. The van der Waals surface area contributed by atoms with Crippen LogP contribution in [-0.4, -0.2) is 50.1 Å². The zero-order valence-corrected chi connectivity index (χ0v) is 12.9. The number of carbonyl (C=O) groups is 1. The highest BCUT2D eigenvalue weighted by atomic mass is 35.5. The van der Waals surface area contributed by atoms with Crippen molar-refractivity contribution in [2.75, 3.05) is 44.2 Å². The van der Waals surface area contributed by atoms with Gasteiger partial charge in [-0.15, -0.1) is 0 Å². The van der Waals surface area contributed by atoms with Gasteiger partial charge in [-0.3, -0.25) is 9.69 Å². The predicted molar refractivity (Wildman–Crippen MR) is 83.5 cm³/mol. The second kappa shape index (κ2) is 6.95. The Labute approximate surface area is 125 Å². The average molecular weight is 296 g/mol. The molecule has 0 aliphatic carbocycles. The first kappa shape index (κ1) is 15.1. The fourth-order valence-corrected chi connectivity index (χ4v) is 2.69. The number of nitrogens with zero attached hydrogens (tertiary/aromatic N) is 2. The van der Waals surface area contributed by atoms with Crippen LogP contribution in [0.4, 0.5) is 5.69 Å². The summed E-state index contributed by atoms with van der Waals surface area (Å²) < 4.78 is 0. The second-order valence-electron chi connectivity index (χ2n) is 5.15. The standard InChI is InChI=1S/C15H22ClN3O/c1-3-17-15(20)11-18-6-8-19(9-7-18)14-10-13(16)5-4-12(14)2/h4-5,10H,3,6-9,11H2,1-2H3,(H,17,20). The van der Waals surface area contributed by atoms with Gasteiger partial charge < -0.3 is 10.2 Å². The van der Waals surface area contributed by atoms with Gasteiger partial charge in [0, 0.05) is 43.4 Å². The van der Waals surface area contributed by atoms with Crippen LogP contribution in [0.2, 0.25) is 5.02 Å². The van der Waals surface area contributed by atoms with Crippen LogP contribution in [0, 0.1) is 6.92 Å². The Morgan fingerprint density at radius 1 is 1.30 bits per heavy atom. The Morgan fingerprint density at radius 2 is 2.00 bits per heavy atom. The van der Waals surface area contributed by atoms with Gasteiger partial charge in [-0.2, -0.15) is 0 Å². The van der Waals surface area contributed by atoms with E-state index in [2.05, 4.69) is 28.1 Å². The molecule has 0 spiro atoms. The van der Waals surface area contributed by atoms with E-state index in [4.69, 9.17) is 11.6 Å². The van der Waals surface area contributed by atoms with Crippen LogP contribution in [0.1, 0.15) is 12.5 Å². The lowest BCUT2D eigenvalue weighted by Gasteiger charge is -2.36. The Kier molecular flexibility index (Phi) is 5.26. The van der Waals surface area contributed by atoms with Gasteiger partial charge >= 0.3 is 0 Å². The van der Waals surface area contributed by atoms with Crippen LogP contribution in [0.25, 0.3) is 0 Å². The topological polar surface area (TPSA) is 35.6 Å². The fraction of sp³-hybridized carbons (Fsp3) is 0.533. The molecular weight excluding hydrogens is 274 g/mol. The van der Waals surface area contributed by atoms with Crippen LogP contribution in [0.15, 0.2) is 18.2 Å². The predicted octanol–water partition coefficient (Wildman–Crippen LogP) is 1.91. The van der Waals surface area contributed by atoms with E-state index >= 15 is 0 Å². The van der Waals surface area contributed by atoms with Gasteiger partial charge in [0.05, 0.1) is 6.54 Å². The summed E-state index contributed by atoms with van der Waals surface area (Å²) in [6.07, 6.45) is 0. The number of anilines is 1. The molecule has 110 valence electrons. The quantitative estimate of drug-likeness (QED) is 0.922. The summed E-state index contributed by atoms with van der Waals surface area (Å²) in [5.74, 6) is 0.111. The molecule has 2 rings (SSSR count). The first-order valence-electron chi connectivity index (χ1n) is 7.10. The lowest BCUT2D eigenvalue weighted by atomic mass is 10.1. The minimum absolute atomic E-state index is 0.111. The number of hydrogen-bond donors (Lipinski definition) is 1. The van der Waals surface area contributed by atoms with Gasteiger partial charge in [-0.05, 0) is 31.5 Å². The Hall–Kier alpha value is -1.26. The third kappa shape index (κ3) is 3.87. The minimum Gasteiger partial charge on any atom is -0.369 e. The molecular formula is C15H22ClN3O. The smallest absolute Gasteiger partial charge is 0.234 e. The molecule has 1 aromatic carbocycles. The SMILES string of the molecule is CCNC(=O)CN1CCN(c2cc(Cl)ccc2C)CC1. The van der Waals surface area contributed by atoms with Crippen LogP contribution in [0.3, 0.4) is 0 Å². The first-order chi connectivity index (χ1) is 9.60. The number of carbonyl (C=O) groups excluding carboxylic acids is 1. The van der Waals surface area contributed by atoms with Crippen molar-refractivity contribution in [1.82, 2.24) is 10.2 Å². The number of hydrogen-bond acceptors (Lipinski definition) is 3.